The van der Waals surface area contributed by atoms with Crippen LogP contribution in [0.3, 0.4) is 0 Å². The first-order valence-electron chi connectivity index (χ1n) is 11.4. The molecule has 2 saturated heterocycles. The van der Waals surface area contributed by atoms with Crippen molar-refractivity contribution in [3.8, 4) is 5.75 Å². The van der Waals surface area contributed by atoms with Gasteiger partial charge < -0.3 is 24.4 Å². The monoisotopic (exact) mass is 450 g/mol. The molecule has 2 bridgehead atoms. The average Bonchev–Trinajstić information content (AvgIpc) is 3.10. The first kappa shape index (κ1) is 21.6. The van der Waals surface area contributed by atoms with Crippen molar-refractivity contribution >= 4 is 11.8 Å². The van der Waals surface area contributed by atoms with Gasteiger partial charge in [-0.15, -0.1) is 0 Å². The highest BCUT2D eigenvalue weighted by Gasteiger charge is 2.52. The summed E-state index contributed by atoms with van der Waals surface area (Å²) >= 11 is 0. The third-order valence-electron chi connectivity index (χ3n) is 7.32. The number of nitrogens with zero attached hydrogens (tertiary/aromatic N) is 1. The molecule has 9 heteroatoms. The van der Waals surface area contributed by atoms with E-state index in [1.165, 1.54) is 6.07 Å². The number of hydrogen-bond donors (Lipinski definition) is 1. The Morgan fingerprint density at radius 2 is 1.94 bits per heavy atom. The van der Waals surface area contributed by atoms with E-state index in [1.54, 1.807) is 4.90 Å². The zero-order chi connectivity index (χ0) is 22.3. The van der Waals surface area contributed by atoms with Crippen LogP contribution in [0, 0.1) is 11.6 Å². The third kappa shape index (κ3) is 3.96. The number of ether oxygens (including phenoxy) is 3. The Balaban J connectivity index is 1.42. The summed E-state index contributed by atoms with van der Waals surface area (Å²) in [5, 5.41) is 3.06. The van der Waals surface area contributed by atoms with Crippen LogP contribution in [0.4, 0.5) is 8.78 Å². The van der Waals surface area contributed by atoms with Crippen LogP contribution in [0.1, 0.15) is 50.0 Å². The number of halogens is 2. The number of nitrogens with one attached hydrogen (secondary N) is 1. The number of benzene rings is 1. The lowest BCUT2D eigenvalue weighted by atomic mass is 9.82. The predicted octanol–water partition coefficient (Wildman–Crippen LogP) is 2.28. The van der Waals surface area contributed by atoms with Crippen LogP contribution in [0.15, 0.2) is 12.1 Å². The molecule has 0 aromatic heterocycles. The van der Waals surface area contributed by atoms with Crippen molar-refractivity contribution in [1.82, 2.24) is 10.2 Å². The minimum Gasteiger partial charge on any atom is -0.490 e. The molecule has 32 heavy (non-hydrogen) atoms. The van der Waals surface area contributed by atoms with Crippen LogP contribution in [-0.2, 0) is 19.1 Å². The Bertz CT molecular complexity index is 905. The molecule has 1 aliphatic carbocycles. The molecule has 4 heterocycles. The summed E-state index contributed by atoms with van der Waals surface area (Å²) in [6, 6.07) is 1.84. The molecule has 2 amide bonds. The van der Waals surface area contributed by atoms with Crippen molar-refractivity contribution in [2.24, 2.45) is 0 Å². The Hall–Kier alpha value is -2.26. The topological polar surface area (TPSA) is 77.1 Å². The van der Waals surface area contributed by atoms with Gasteiger partial charge in [-0.05, 0) is 44.1 Å². The quantitative estimate of drug-likeness (QED) is 0.656. The zero-order valence-electron chi connectivity index (χ0n) is 17.9. The smallest absolute Gasteiger partial charge is 0.246 e. The van der Waals surface area contributed by atoms with Gasteiger partial charge in [0, 0.05) is 18.2 Å². The van der Waals surface area contributed by atoms with Crippen LogP contribution in [0.2, 0.25) is 0 Å². The highest BCUT2D eigenvalue weighted by Crippen LogP contribution is 2.41. The summed E-state index contributed by atoms with van der Waals surface area (Å²) in [6.07, 6.45) is 3.60. The van der Waals surface area contributed by atoms with Gasteiger partial charge in [0.1, 0.15) is 12.4 Å². The largest absolute Gasteiger partial charge is 0.490 e. The van der Waals surface area contributed by atoms with Crippen LogP contribution < -0.4 is 10.1 Å². The molecule has 5 aliphatic rings. The molecule has 1 spiro atoms. The van der Waals surface area contributed by atoms with Gasteiger partial charge in [-0.2, -0.15) is 0 Å². The number of carbonyl (C=O) groups is 2. The summed E-state index contributed by atoms with van der Waals surface area (Å²) in [5.41, 5.74) is -0.123. The molecule has 1 N–H and O–H groups in total. The molecule has 174 valence electrons. The van der Waals surface area contributed by atoms with Gasteiger partial charge in [-0.25, -0.2) is 8.78 Å². The van der Waals surface area contributed by atoms with Gasteiger partial charge >= 0.3 is 0 Å². The highest BCUT2D eigenvalue weighted by molar-refractivity contribution is 5.80. The van der Waals surface area contributed by atoms with Crippen LogP contribution in [0.5, 0.6) is 5.75 Å². The summed E-state index contributed by atoms with van der Waals surface area (Å²) in [6.45, 7) is 1.13. The van der Waals surface area contributed by atoms with Crippen molar-refractivity contribution in [3.63, 3.8) is 0 Å². The van der Waals surface area contributed by atoms with Crippen molar-refractivity contribution in [1.29, 1.82) is 0 Å². The fourth-order valence-electron chi connectivity index (χ4n) is 5.67. The maximum Gasteiger partial charge on any atom is 0.246 e. The summed E-state index contributed by atoms with van der Waals surface area (Å²) in [7, 11) is 0. The van der Waals surface area contributed by atoms with E-state index in [4.69, 9.17) is 14.2 Å². The van der Waals surface area contributed by atoms with E-state index in [0.717, 1.165) is 31.7 Å². The average molecular weight is 450 g/mol. The van der Waals surface area contributed by atoms with Crippen molar-refractivity contribution in [2.45, 2.75) is 62.1 Å². The lowest BCUT2D eigenvalue weighted by Gasteiger charge is -2.41. The number of amides is 2. The molecule has 7 nitrogen and oxygen atoms in total. The number of hydrogen-bond acceptors (Lipinski definition) is 5. The predicted molar refractivity (Wildman–Crippen MR) is 109 cm³/mol. The van der Waals surface area contributed by atoms with E-state index >= 15 is 0 Å². The number of rotatable bonds is 0. The molecule has 6 rings (SSSR count). The first-order chi connectivity index (χ1) is 15.4. The minimum atomic E-state index is -0.738. The molecule has 2 atom stereocenters. The molecule has 1 aromatic carbocycles. The molecule has 0 unspecified atom stereocenters. The summed E-state index contributed by atoms with van der Waals surface area (Å²) in [5.74, 6) is -1.67. The van der Waals surface area contributed by atoms with Crippen molar-refractivity contribution in [3.05, 3.63) is 29.3 Å². The molecular weight excluding hydrogens is 422 g/mol. The van der Waals surface area contributed by atoms with E-state index in [9.17, 15) is 18.4 Å². The number of carbonyl (C=O) groups excluding carboxylic acids is 2. The lowest BCUT2D eigenvalue weighted by molar-refractivity contribution is -0.143. The van der Waals surface area contributed by atoms with E-state index < -0.39 is 17.2 Å². The van der Waals surface area contributed by atoms with Gasteiger partial charge in [-0.1, -0.05) is 0 Å². The highest BCUT2D eigenvalue weighted by atomic mass is 19.1. The number of morpholine rings is 1. The lowest BCUT2D eigenvalue weighted by Crippen LogP contribution is -2.65. The third-order valence-corrected chi connectivity index (χ3v) is 7.32. The standard InChI is InChI=1S/C23H28F2N2O5/c24-15-9-17-14-1-3-16(4-2-14)32-11-19-23(13-30-12-20(28)26-23)6-7-27(19)21(29)5-8-31-22(17)18(25)10-15/h9-10,14,16,19H,1-8,11-13H2,(H,26,28)/t14-,16+,19-,23+/m0/s1. The fraction of sp³-hybridized carbons (Fsp3) is 0.652. The Labute approximate surface area is 185 Å². The molecular formula is C23H28F2N2O5. The van der Waals surface area contributed by atoms with E-state index in [-0.39, 0.29) is 55.3 Å². The van der Waals surface area contributed by atoms with E-state index in [2.05, 4.69) is 5.32 Å². The maximum atomic E-state index is 14.6. The fourth-order valence-corrected chi connectivity index (χ4v) is 5.67. The first-order valence-corrected chi connectivity index (χ1v) is 11.4. The molecule has 1 aromatic rings. The Morgan fingerprint density at radius 1 is 1.12 bits per heavy atom. The summed E-state index contributed by atoms with van der Waals surface area (Å²) < 4.78 is 46.0. The van der Waals surface area contributed by atoms with Gasteiger partial charge in [0.15, 0.2) is 11.6 Å². The van der Waals surface area contributed by atoms with Gasteiger partial charge in [0.05, 0.1) is 43.9 Å². The molecule has 1 saturated carbocycles. The second-order valence-corrected chi connectivity index (χ2v) is 9.26. The SMILES string of the molecule is O=C1COC[C@@]2(CCN3C(=O)CCOc4c(F)cc(F)cc4[C@H]4CC[C@H](CC4)OC[C@H]32)N1. The van der Waals surface area contributed by atoms with Crippen molar-refractivity contribution < 1.29 is 32.6 Å². The summed E-state index contributed by atoms with van der Waals surface area (Å²) in [4.78, 5) is 26.9. The van der Waals surface area contributed by atoms with E-state index in [0.29, 0.717) is 31.7 Å². The van der Waals surface area contributed by atoms with E-state index in [1.807, 2.05) is 0 Å². The molecule has 4 aliphatic heterocycles. The van der Waals surface area contributed by atoms with Crippen LogP contribution in [-0.4, -0.2) is 67.4 Å². The van der Waals surface area contributed by atoms with Crippen molar-refractivity contribution in [2.75, 3.05) is 33.0 Å². The Morgan fingerprint density at radius 3 is 2.72 bits per heavy atom. The molecule has 0 radical (unpaired) electrons. The molecule has 3 fully saturated rings. The second-order valence-electron chi connectivity index (χ2n) is 9.26. The Kier molecular flexibility index (Phi) is 5.79. The van der Waals surface area contributed by atoms with Gasteiger partial charge in [-0.3, -0.25) is 9.59 Å². The number of fused-ring (bicyclic) bond motifs is 6. The zero-order valence-corrected chi connectivity index (χ0v) is 17.9. The minimum absolute atomic E-state index is 0.00761. The van der Waals surface area contributed by atoms with Crippen LogP contribution >= 0.6 is 0 Å². The maximum absolute atomic E-state index is 14.6. The van der Waals surface area contributed by atoms with Gasteiger partial charge in [0.2, 0.25) is 11.8 Å². The van der Waals surface area contributed by atoms with Crippen LogP contribution in [0.25, 0.3) is 0 Å². The normalized spacial score (nSPS) is 33.3. The second kappa shape index (κ2) is 8.59. The van der Waals surface area contributed by atoms with Gasteiger partial charge in [0.25, 0.3) is 0 Å².